The molecule has 0 saturated carbocycles. The number of rotatable bonds is 4. The number of carbonyl (C=O) groups is 1. The van der Waals surface area contributed by atoms with Gasteiger partial charge in [-0.25, -0.2) is 0 Å². The SMILES string of the molecule is Cc1cc(NC(=O)c2cc(-c3c(C)nn(C)c3C)n[nH]2)ccc1N(C)C. The van der Waals surface area contributed by atoms with E-state index in [1.165, 1.54) is 0 Å². The van der Waals surface area contributed by atoms with Crippen molar-refractivity contribution in [3.05, 3.63) is 46.9 Å². The molecule has 1 aromatic carbocycles. The Morgan fingerprint density at radius 1 is 1.19 bits per heavy atom. The van der Waals surface area contributed by atoms with Crippen molar-refractivity contribution in [1.29, 1.82) is 0 Å². The highest BCUT2D eigenvalue weighted by atomic mass is 16.1. The smallest absolute Gasteiger partial charge is 0.273 e. The number of anilines is 2. The molecule has 3 rings (SSSR count). The first kappa shape index (κ1) is 17.7. The number of hydrogen-bond acceptors (Lipinski definition) is 4. The third-order valence-electron chi connectivity index (χ3n) is 4.52. The summed E-state index contributed by atoms with van der Waals surface area (Å²) in [5.74, 6) is -0.222. The molecule has 136 valence electrons. The molecule has 2 heterocycles. The maximum atomic E-state index is 12.6. The van der Waals surface area contributed by atoms with Crippen molar-refractivity contribution >= 4 is 17.3 Å². The second-order valence-corrected chi connectivity index (χ2v) is 6.69. The van der Waals surface area contributed by atoms with Crippen molar-refractivity contribution in [1.82, 2.24) is 20.0 Å². The summed E-state index contributed by atoms with van der Waals surface area (Å²) in [7, 11) is 5.89. The van der Waals surface area contributed by atoms with Gasteiger partial charge in [-0.1, -0.05) is 0 Å². The minimum absolute atomic E-state index is 0.222. The van der Waals surface area contributed by atoms with Gasteiger partial charge in [0.1, 0.15) is 5.69 Å². The molecular formula is C19H24N6O. The Hall–Kier alpha value is -3.09. The minimum atomic E-state index is -0.222. The molecule has 2 aromatic heterocycles. The van der Waals surface area contributed by atoms with Crippen LogP contribution in [0.5, 0.6) is 0 Å². The molecular weight excluding hydrogens is 328 g/mol. The predicted molar refractivity (Wildman–Crippen MR) is 104 cm³/mol. The van der Waals surface area contributed by atoms with Gasteiger partial charge >= 0.3 is 0 Å². The van der Waals surface area contributed by atoms with E-state index < -0.39 is 0 Å². The fourth-order valence-electron chi connectivity index (χ4n) is 3.14. The molecule has 26 heavy (non-hydrogen) atoms. The first-order chi connectivity index (χ1) is 12.3. The number of hydrogen-bond donors (Lipinski definition) is 2. The monoisotopic (exact) mass is 352 g/mol. The van der Waals surface area contributed by atoms with E-state index in [4.69, 9.17) is 0 Å². The molecule has 0 unspecified atom stereocenters. The average molecular weight is 352 g/mol. The van der Waals surface area contributed by atoms with Gasteiger partial charge in [0.25, 0.3) is 5.91 Å². The molecule has 0 bridgehead atoms. The van der Waals surface area contributed by atoms with Crippen molar-refractivity contribution in [2.75, 3.05) is 24.3 Å². The summed E-state index contributed by atoms with van der Waals surface area (Å²) < 4.78 is 1.81. The highest BCUT2D eigenvalue weighted by Gasteiger charge is 2.17. The lowest BCUT2D eigenvalue weighted by molar-refractivity contribution is 0.102. The number of aromatic nitrogens is 4. The highest BCUT2D eigenvalue weighted by molar-refractivity contribution is 6.03. The second kappa shape index (κ2) is 6.67. The number of nitrogens with one attached hydrogen (secondary N) is 2. The zero-order valence-electron chi connectivity index (χ0n) is 16.0. The first-order valence-electron chi connectivity index (χ1n) is 8.43. The Balaban J connectivity index is 1.82. The van der Waals surface area contributed by atoms with Crippen molar-refractivity contribution in [3.63, 3.8) is 0 Å². The van der Waals surface area contributed by atoms with Crippen LogP contribution in [-0.2, 0) is 7.05 Å². The maximum Gasteiger partial charge on any atom is 0.273 e. The van der Waals surface area contributed by atoms with E-state index in [0.29, 0.717) is 5.69 Å². The number of aromatic amines is 1. The molecule has 3 aromatic rings. The third-order valence-corrected chi connectivity index (χ3v) is 4.52. The molecule has 0 saturated heterocycles. The van der Waals surface area contributed by atoms with E-state index in [0.717, 1.165) is 39.6 Å². The number of aryl methyl sites for hydroxylation is 3. The fourth-order valence-corrected chi connectivity index (χ4v) is 3.14. The van der Waals surface area contributed by atoms with Gasteiger partial charge in [0, 0.05) is 43.8 Å². The van der Waals surface area contributed by atoms with Crippen LogP contribution in [0.1, 0.15) is 27.4 Å². The Labute approximate surface area is 153 Å². The van der Waals surface area contributed by atoms with Crippen LogP contribution in [0.3, 0.4) is 0 Å². The number of carbonyl (C=O) groups excluding carboxylic acids is 1. The summed E-state index contributed by atoms with van der Waals surface area (Å²) in [5, 5.41) is 14.4. The molecule has 7 heteroatoms. The van der Waals surface area contributed by atoms with Crippen molar-refractivity contribution in [2.45, 2.75) is 20.8 Å². The van der Waals surface area contributed by atoms with Gasteiger partial charge in [0.2, 0.25) is 0 Å². The number of H-pyrrole nitrogens is 1. The predicted octanol–water partition coefficient (Wildman–Crippen LogP) is 3.05. The van der Waals surface area contributed by atoms with Crippen LogP contribution < -0.4 is 10.2 Å². The van der Waals surface area contributed by atoms with E-state index in [1.54, 1.807) is 6.07 Å². The molecule has 0 aliphatic heterocycles. The zero-order chi connectivity index (χ0) is 19.0. The maximum absolute atomic E-state index is 12.6. The first-order valence-corrected chi connectivity index (χ1v) is 8.43. The summed E-state index contributed by atoms with van der Waals surface area (Å²) in [5.41, 5.74) is 6.95. The summed E-state index contributed by atoms with van der Waals surface area (Å²) in [6.45, 7) is 5.94. The number of benzene rings is 1. The molecule has 0 atom stereocenters. The van der Waals surface area contributed by atoms with Gasteiger partial charge in [-0.05, 0) is 50.6 Å². The molecule has 0 aliphatic rings. The summed E-state index contributed by atoms with van der Waals surface area (Å²) in [6.07, 6.45) is 0. The third kappa shape index (κ3) is 3.20. The van der Waals surface area contributed by atoms with E-state index in [-0.39, 0.29) is 5.91 Å². The Morgan fingerprint density at radius 3 is 2.50 bits per heavy atom. The molecule has 2 N–H and O–H groups in total. The summed E-state index contributed by atoms with van der Waals surface area (Å²) in [6, 6.07) is 7.60. The second-order valence-electron chi connectivity index (χ2n) is 6.69. The number of nitrogens with zero attached hydrogens (tertiary/aromatic N) is 4. The van der Waals surface area contributed by atoms with Gasteiger partial charge in [-0.15, -0.1) is 0 Å². The van der Waals surface area contributed by atoms with Crippen LogP contribution in [0.15, 0.2) is 24.3 Å². The largest absolute Gasteiger partial charge is 0.377 e. The van der Waals surface area contributed by atoms with Crippen LogP contribution in [0.4, 0.5) is 11.4 Å². The van der Waals surface area contributed by atoms with Gasteiger partial charge in [-0.2, -0.15) is 10.2 Å². The minimum Gasteiger partial charge on any atom is -0.377 e. The Bertz CT molecular complexity index is 967. The van der Waals surface area contributed by atoms with Crippen molar-refractivity contribution < 1.29 is 4.79 Å². The fraction of sp³-hybridized carbons (Fsp3) is 0.316. The van der Waals surface area contributed by atoms with Crippen LogP contribution in [0.25, 0.3) is 11.3 Å². The lowest BCUT2D eigenvalue weighted by Gasteiger charge is -2.16. The Morgan fingerprint density at radius 2 is 1.92 bits per heavy atom. The quantitative estimate of drug-likeness (QED) is 0.756. The van der Waals surface area contributed by atoms with Crippen molar-refractivity contribution in [2.24, 2.45) is 7.05 Å². The van der Waals surface area contributed by atoms with Crippen LogP contribution in [0, 0.1) is 20.8 Å². The molecule has 0 radical (unpaired) electrons. The summed E-state index contributed by atoms with van der Waals surface area (Å²) >= 11 is 0. The zero-order valence-corrected chi connectivity index (χ0v) is 16.0. The lowest BCUT2D eigenvalue weighted by Crippen LogP contribution is -2.14. The normalized spacial score (nSPS) is 10.8. The van der Waals surface area contributed by atoms with E-state index in [9.17, 15) is 4.79 Å². The van der Waals surface area contributed by atoms with Crippen LogP contribution >= 0.6 is 0 Å². The lowest BCUT2D eigenvalue weighted by atomic mass is 10.1. The molecule has 0 fully saturated rings. The molecule has 0 aliphatic carbocycles. The van der Waals surface area contributed by atoms with Crippen LogP contribution in [0.2, 0.25) is 0 Å². The van der Waals surface area contributed by atoms with E-state index >= 15 is 0 Å². The topological polar surface area (TPSA) is 78.8 Å². The van der Waals surface area contributed by atoms with Gasteiger partial charge in [0.05, 0.1) is 11.4 Å². The standard InChI is InChI=1S/C19H24N6O/c1-11-9-14(7-8-17(11)24(4)5)20-19(26)16-10-15(21-22-16)18-12(2)23-25(6)13(18)3/h7-10H,1-6H3,(H,20,26)(H,21,22). The van der Waals surface area contributed by atoms with Gasteiger partial charge in [0.15, 0.2) is 0 Å². The Kier molecular flexibility index (Phi) is 4.54. The molecule has 0 spiro atoms. The summed E-state index contributed by atoms with van der Waals surface area (Å²) in [4.78, 5) is 14.6. The molecule has 7 nitrogen and oxygen atoms in total. The van der Waals surface area contributed by atoms with Gasteiger partial charge in [-0.3, -0.25) is 14.6 Å². The average Bonchev–Trinajstić information content (AvgIpc) is 3.12. The van der Waals surface area contributed by atoms with E-state index in [2.05, 4.69) is 20.6 Å². The number of amides is 1. The van der Waals surface area contributed by atoms with E-state index in [1.807, 2.05) is 69.7 Å². The molecule has 1 amide bonds. The van der Waals surface area contributed by atoms with Crippen molar-refractivity contribution in [3.8, 4) is 11.3 Å². The highest BCUT2D eigenvalue weighted by Crippen LogP contribution is 2.26. The van der Waals surface area contributed by atoms with Crippen LogP contribution in [-0.4, -0.2) is 40.0 Å². The van der Waals surface area contributed by atoms with Gasteiger partial charge < -0.3 is 10.2 Å².